The molecule has 33 heavy (non-hydrogen) atoms. The van der Waals surface area contributed by atoms with Gasteiger partial charge in [-0.3, -0.25) is 14.2 Å². The van der Waals surface area contributed by atoms with Gasteiger partial charge in [-0.25, -0.2) is 14.3 Å². The molecule has 9 heteroatoms. The van der Waals surface area contributed by atoms with E-state index in [0.29, 0.717) is 20.4 Å². The molecule has 2 aromatic heterocycles. The van der Waals surface area contributed by atoms with Gasteiger partial charge in [-0.1, -0.05) is 54.1 Å². The zero-order valence-electron chi connectivity index (χ0n) is 18.8. The summed E-state index contributed by atoms with van der Waals surface area (Å²) in [5.74, 6) is 0.417. The molecule has 1 amide bonds. The van der Waals surface area contributed by atoms with Crippen molar-refractivity contribution >= 4 is 45.0 Å². The maximum absolute atomic E-state index is 13.5. The number of thioether (sulfide) groups is 1. The van der Waals surface area contributed by atoms with Gasteiger partial charge in [0.2, 0.25) is 5.91 Å². The lowest BCUT2D eigenvalue weighted by molar-refractivity contribution is -0.116. The average molecular weight is 481 g/mol. The number of fused-ring (bicyclic) bond motifs is 1. The van der Waals surface area contributed by atoms with E-state index in [4.69, 9.17) is 0 Å². The van der Waals surface area contributed by atoms with E-state index in [-0.39, 0.29) is 18.1 Å². The van der Waals surface area contributed by atoms with Gasteiger partial charge in [0.05, 0.1) is 5.69 Å². The first-order valence-corrected chi connectivity index (χ1v) is 12.3. The van der Waals surface area contributed by atoms with E-state index >= 15 is 0 Å². The van der Waals surface area contributed by atoms with E-state index < -0.39 is 11.2 Å². The Morgan fingerprint density at radius 1 is 1.06 bits per heavy atom. The second-order valence-electron chi connectivity index (χ2n) is 7.78. The summed E-state index contributed by atoms with van der Waals surface area (Å²) in [7, 11) is 0. The molecule has 0 aliphatic heterocycles. The van der Waals surface area contributed by atoms with E-state index in [0.717, 1.165) is 27.0 Å². The van der Waals surface area contributed by atoms with Crippen molar-refractivity contribution in [3.8, 4) is 5.69 Å². The standard InChI is InChI=1S/C24H24N4O3S2/c1-5-32-23-26-21-20(33-23)22(30)28(17-9-6-14(2)7-10-17)24(31)27(21)13-19(29)25-18-11-8-15(3)12-16(18)4/h6-12H,5,13H2,1-4H3,(H,25,29). The molecule has 0 aliphatic rings. The smallest absolute Gasteiger partial charge is 0.324 e. The van der Waals surface area contributed by atoms with Crippen LogP contribution in [-0.2, 0) is 11.3 Å². The van der Waals surface area contributed by atoms with Crippen molar-refractivity contribution in [2.75, 3.05) is 11.1 Å². The van der Waals surface area contributed by atoms with Gasteiger partial charge in [-0.05, 0) is 50.3 Å². The van der Waals surface area contributed by atoms with Gasteiger partial charge in [0, 0.05) is 5.69 Å². The molecular formula is C24H24N4O3S2. The summed E-state index contributed by atoms with van der Waals surface area (Å²) in [4.78, 5) is 44.2. The Morgan fingerprint density at radius 2 is 1.76 bits per heavy atom. The second kappa shape index (κ2) is 9.36. The highest BCUT2D eigenvalue weighted by Gasteiger charge is 2.21. The summed E-state index contributed by atoms with van der Waals surface area (Å²) in [6, 6.07) is 12.9. The van der Waals surface area contributed by atoms with Gasteiger partial charge >= 0.3 is 5.69 Å². The predicted octanol–water partition coefficient (Wildman–Crippen LogP) is 4.28. The molecular weight excluding hydrogens is 456 g/mol. The summed E-state index contributed by atoms with van der Waals surface area (Å²) in [6.07, 6.45) is 0. The van der Waals surface area contributed by atoms with E-state index in [9.17, 15) is 14.4 Å². The number of nitrogens with one attached hydrogen (secondary N) is 1. The Balaban J connectivity index is 1.83. The predicted molar refractivity (Wildman–Crippen MR) is 135 cm³/mol. The number of carbonyl (C=O) groups is 1. The van der Waals surface area contributed by atoms with Gasteiger partial charge in [0.1, 0.15) is 11.2 Å². The first-order chi connectivity index (χ1) is 15.8. The summed E-state index contributed by atoms with van der Waals surface area (Å²) >= 11 is 2.74. The molecule has 0 fully saturated rings. The van der Waals surface area contributed by atoms with Crippen molar-refractivity contribution in [2.24, 2.45) is 0 Å². The molecule has 170 valence electrons. The van der Waals surface area contributed by atoms with Crippen molar-refractivity contribution < 1.29 is 4.79 Å². The van der Waals surface area contributed by atoms with Gasteiger partial charge < -0.3 is 5.32 Å². The van der Waals surface area contributed by atoms with Gasteiger partial charge in [0.15, 0.2) is 9.99 Å². The fraction of sp³-hybridized carbons (Fsp3) is 0.250. The summed E-state index contributed by atoms with van der Waals surface area (Å²) in [6.45, 7) is 7.57. The molecule has 0 spiro atoms. The third kappa shape index (κ3) is 4.65. The molecule has 4 rings (SSSR count). The van der Waals surface area contributed by atoms with Crippen LogP contribution in [0.15, 0.2) is 56.4 Å². The Labute approximate surface area is 199 Å². The number of aromatic nitrogens is 3. The topological polar surface area (TPSA) is 86.0 Å². The van der Waals surface area contributed by atoms with Crippen molar-refractivity contribution in [3.63, 3.8) is 0 Å². The first-order valence-electron chi connectivity index (χ1n) is 10.5. The van der Waals surface area contributed by atoms with Crippen LogP contribution in [0.1, 0.15) is 23.6 Å². The van der Waals surface area contributed by atoms with E-state index in [1.54, 1.807) is 12.1 Å². The maximum atomic E-state index is 13.5. The van der Waals surface area contributed by atoms with Crippen LogP contribution < -0.4 is 16.6 Å². The Kier molecular flexibility index (Phi) is 6.53. The van der Waals surface area contributed by atoms with Crippen LogP contribution in [0.4, 0.5) is 5.69 Å². The highest BCUT2D eigenvalue weighted by molar-refractivity contribution is 8.01. The van der Waals surface area contributed by atoms with Crippen LogP contribution in [0.2, 0.25) is 0 Å². The monoisotopic (exact) mass is 480 g/mol. The van der Waals surface area contributed by atoms with Crippen molar-refractivity contribution in [1.82, 2.24) is 14.1 Å². The third-order valence-electron chi connectivity index (χ3n) is 5.18. The summed E-state index contributed by atoms with van der Waals surface area (Å²) < 4.78 is 3.44. The van der Waals surface area contributed by atoms with E-state index in [1.165, 1.54) is 27.7 Å². The fourth-order valence-electron chi connectivity index (χ4n) is 3.55. The van der Waals surface area contributed by atoms with E-state index in [2.05, 4.69) is 10.3 Å². The lowest BCUT2D eigenvalue weighted by atomic mass is 10.1. The molecule has 2 heterocycles. The number of nitrogens with zero attached hydrogens (tertiary/aromatic N) is 3. The van der Waals surface area contributed by atoms with Crippen LogP contribution in [0.5, 0.6) is 0 Å². The largest absolute Gasteiger partial charge is 0.337 e. The molecule has 0 radical (unpaired) electrons. The van der Waals surface area contributed by atoms with Crippen molar-refractivity contribution in [2.45, 2.75) is 38.6 Å². The highest BCUT2D eigenvalue weighted by Crippen LogP contribution is 2.27. The number of amides is 1. The number of thiazole rings is 1. The quantitative estimate of drug-likeness (QED) is 0.416. The Hall–Kier alpha value is -3.17. The van der Waals surface area contributed by atoms with Crippen LogP contribution >= 0.6 is 23.1 Å². The number of aryl methyl sites for hydroxylation is 3. The Bertz CT molecular complexity index is 1470. The molecule has 0 aliphatic carbocycles. The van der Waals surface area contributed by atoms with Gasteiger partial charge in [-0.2, -0.15) is 0 Å². The number of hydrogen-bond donors (Lipinski definition) is 1. The molecule has 2 aromatic carbocycles. The van der Waals surface area contributed by atoms with Crippen molar-refractivity contribution in [3.05, 3.63) is 80.0 Å². The molecule has 4 aromatic rings. The van der Waals surface area contributed by atoms with Gasteiger partial charge in [-0.15, -0.1) is 11.3 Å². The normalized spacial score (nSPS) is 11.2. The lowest BCUT2D eigenvalue weighted by Crippen LogP contribution is -2.40. The van der Waals surface area contributed by atoms with Crippen LogP contribution in [-0.4, -0.2) is 25.8 Å². The minimum Gasteiger partial charge on any atom is -0.324 e. The summed E-state index contributed by atoms with van der Waals surface area (Å²) in [5, 5.41) is 2.88. The maximum Gasteiger partial charge on any atom is 0.337 e. The number of benzene rings is 2. The fourth-order valence-corrected chi connectivity index (χ4v) is 5.52. The SMILES string of the molecule is CCSc1nc2c(s1)c(=O)n(-c1ccc(C)cc1)c(=O)n2CC(=O)Nc1ccc(C)cc1C. The number of rotatable bonds is 6. The molecule has 0 bridgehead atoms. The van der Waals surface area contributed by atoms with Gasteiger partial charge in [0.25, 0.3) is 5.56 Å². The molecule has 0 saturated carbocycles. The molecule has 7 nitrogen and oxygen atoms in total. The number of hydrogen-bond acceptors (Lipinski definition) is 6. The molecule has 1 N–H and O–H groups in total. The average Bonchev–Trinajstić information content (AvgIpc) is 3.19. The highest BCUT2D eigenvalue weighted by atomic mass is 32.2. The molecule has 0 unspecified atom stereocenters. The minimum atomic E-state index is -0.592. The van der Waals surface area contributed by atoms with Crippen molar-refractivity contribution in [1.29, 1.82) is 0 Å². The van der Waals surface area contributed by atoms with E-state index in [1.807, 2.05) is 58.0 Å². The zero-order valence-corrected chi connectivity index (χ0v) is 20.5. The molecule has 0 saturated heterocycles. The van der Waals surface area contributed by atoms with Crippen LogP contribution in [0.3, 0.4) is 0 Å². The second-order valence-corrected chi connectivity index (χ2v) is 10.3. The summed E-state index contributed by atoms with van der Waals surface area (Å²) in [5.41, 5.74) is 3.40. The van der Waals surface area contributed by atoms with Crippen LogP contribution in [0.25, 0.3) is 16.0 Å². The first kappa shape index (κ1) is 23.0. The van der Waals surface area contributed by atoms with Crippen LogP contribution in [0, 0.1) is 20.8 Å². The zero-order chi connectivity index (χ0) is 23.7. The molecule has 0 atom stereocenters. The number of anilines is 1. The lowest BCUT2D eigenvalue weighted by Gasteiger charge is -2.13. The third-order valence-corrected chi connectivity index (χ3v) is 7.24. The minimum absolute atomic E-state index is 0.241. The Morgan fingerprint density at radius 3 is 2.42 bits per heavy atom. The number of carbonyl (C=O) groups excluding carboxylic acids is 1.